The van der Waals surface area contributed by atoms with E-state index in [4.69, 9.17) is 11.6 Å². The number of halogens is 2. The Morgan fingerprint density at radius 1 is 1.12 bits per heavy atom. The zero-order valence-corrected chi connectivity index (χ0v) is 18.0. The molecule has 1 fully saturated rings. The van der Waals surface area contributed by atoms with Crippen LogP contribution >= 0.6 is 11.6 Å². The number of carbonyl (C=O) groups excluding carboxylic acids is 2. The number of amides is 3. The number of hydrogen-bond acceptors (Lipinski definition) is 4. The first-order chi connectivity index (χ1) is 15.8. The fraction of sp³-hybridized carbons (Fsp3) is 0.174. The number of aromatic nitrogens is 1. The normalized spacial score (nSPS) is 18.9. The van der Waals surface area contributed by atoms with E-state index in [2.05, 4.69) is 16.0 Å². The zero-order valence-electron chi connectivity index (χ0n) is 17.2. The van der Waals surface area contributed by atoms with E-state index >= 15 is 0 Å². The van der Waals surface area contributed by atoms with Crippen molar-refractivity contribution in [1.82, 2.24) is 9.88 Å². The molecule has 1 aromatic heterocycles. The summed E-state index contributed by atoms with van der Waals surface area (Å²) >= 11 is 5.83. The summed E-state index contributed by atoms with van der Waals surface area (Å²) < 4.78 is 16.0. The fourth-order valence-electron chi connectivity index (χ4n) is 3.57. The molecule has 10 heteroatoms. The molecule has 4 rings (SSSR count). The second kappa shape index (κ2) is 9.05. The van der Waals surface area contributed by atoms with Crippen LogP contribution in [-0.4, -0.2) is 33.8 Å². The number of aliphatic hydroxyl groups excluding tert-OH is 1. The fourth-order valence-corrected chi connectivity index (χ4v) is 3.69. The van der Waals surface area contributed by atoms with E-state index in [-0.39, 0.29) is 24.3 Å². The molecule has 0 radical (unpaired) electrons. The lowest BCUT2D eigenvalue weighted by atomic mass is 10.1. The van der Waals surface area contributed by atoms with Crippen LogP contribution in [-0.2, 0) is 4.79 Å². The summed E-state index contributed by atoms with van der Waals surface area (Å²) in [5.41, 5.74) is -1.06. The SMILES string of the molecule is O=C(Nc1ccc(Cl)cc1)N[C@@]1(C(=O)Nc2ccc(-n3ccccc3=O)cc2F)C[C@@H]1CO. The Balaban J connectivity index is 1.48. The van der Waals surface area contributed by atoms with Crippen molar-refractivity contribution in [3.63, 3.8) is 0 Å². The van der Waals surface area contributed by atoms with Gasteiger partial charge >= 0.3 is 6.03 Å². The van der Waals surface area contributed by atoms with Crippen molar-refractivity contribution in [2.24, 2.45) is 5.92 Å². The number of benzene rings is 2. The zero-order chi connectivity index (χ0) is 23.6. The monoisotopic (exact) mass is 470 g/mol. The van der Waals surface area contributed by atoms with Crippen LogP contribution in [0.2, 0.25) is 5.02 Å². The molecule has 1 heterocycles. The minimum Gasteiger partial charge on any atom is -0.396 e. The lowest BCUT2D eigenvalue weighted by Crippen LogP contribution is -2.49. The Morgan fingerprint density at radius 2 is 1.88 bits per heavy atom. The van der Waals surface area contributed by atoms with Crippen molar-refractivity contribution < 1.29 is 19.1 Å². The van der Waals surface area contributed by atoms with Gasteiger partial charge < -0.3 is 21.1 Å². The first kappa shape index (κ1) is 22.5. The first-order valence-corrected chi connectivity index (χ1v) is 10.4. The lowest BCUT2D eigenvalue weighted by Gasteiger charge is -2.20. The Kier molecular flexibility index (Phi) is 6.17. The Hall–Kier alpha value is -3.69. The van der Waals surface area contributed by atoms with Gasteiger partial charge in [-0.3, -0.25) is 14.2 Å². The van der Waals surface area contributed by atoms with Gasteiger partial charge in [-0.05, 0) is 48.9 Å². The van der Waals surface area contributed by atoms with Crippen molar-refractivity contribution in [2.75, 3.05) is 17.2 Å². The van der Waals surface area contributed by atoms with E-state index in [1.54, 1.807) is 36.4 Å². The minimum absolute atomic E-state index is 0.115. The van der Waals surface area contributed by atoms with Crippen LogP contribution in [0, 0.1) is 11.7 Å². The number of pyridine rings is 1. The highest BCUT2D eigenvalue weighted by Crippen LogP contribution is 2.44. The summed E-state index contributed by atoms with van der Waals surface area (Å²) in [4.78, 5) is 37.4. The molecule has 1 aliphatic carbocycles. The molecule has 2 aromatic carbocycles. The van der Waals surface area contributed by atoms with Gasteiger partial charge in [0.25, 0.3) is 11.5 Å². The third-order valence-corrected chi connectivity index (χ3v) is 5.72. The molecule has 0 unspecified atom stereocenters. The van der Waals surface area contributed by atoms with Gasteiger partial charge in [-0.15, -0.1) is 0 Å². The topological polar surface area (TPSA) is 112 Å². The second-order valence-electron chi connectivity index (χ2n) is 7.67. The van der Waals surface area contributed by atoms with Gasteiger partial charge in [-0.25, -0.2) is 9.18 Å². The average molecular weight is 471 g/mol. The molecule has 0 aliphatic heterocycles. The van der Waals surface area contributed by atoms with E-state index < -0.39 is 29.2 Å². The maximum absolute atomic E-state index is 14.7. The maximum Gasteiger partial charge on any atom is 0.320 e. The van der Waals surface area contributed by atoms with Crippen molar-refractivity contribution in [2.45, 2.75) is 12.0 Å². The molecule has 0 spiro atoms. The number of hydrogen-bond donors (Lipinski definition) is 4. The summed E-state index contributed by atoms with van der Waals surface area (Å²) in [7, 11) is 0. The van der Waals surface area contributed by atoms with Gasteiger partial charge in [0.05, 0.1) is 11.4 Å². The largest absolute Gasteiger partial charge is 0.396 e. The highest BCUT2D eigenvalue weighted by molar-refractivity contribution is 6.30. The van der Waals surface area contributed by atoms with E-state index in [0.717, 1.165) is 6.07 Å². The molecule has 3 aromatic rings. The van der Waals surface area contributed by atoms with Crippen LogP contribution in [0.1, 0.15) is 6.42 Å². The van der Waals surface area contributed by atoms with Crippen LogP contribution in [0.3, 0.4) is 0 Å². The third-order valence-electron chi connectivity index (χ3n) is 5.47. The number of anilines is 2. The molecule has 1 aliphatic rings. The van der Waals surface area contributed by atoms with Gasteiger partial charge in [0.15, 0.2) is 0 Å². The molecule has 8 nitrogen and oxygen atoms in total. The smallest absolute Gasteiger partial charge is 0.320 e. The average Bonchev–Trinajstić information content (AvgIpc) is 3.51. The number of rotatable bonds is 6. The Morgan fingerprint density at radius 3 is 2.52 bits per heavy atom. The van der Waals surface area contributed by atoms with E-state index in [1.807, 2.05) is 0 Å². The lowest BCUT2D eigenvalue weighted by molar-refractivity contribution is -0.119. The summed E-state index contributed by atoms with van der Waals surface area (Å²) in [5.74, 6) is -1.92. The second-order valence-corrected chi connectivity index (χ2v) is 8.10. The van der Waals surface area contributed by atoms with E-state index in [1.165, 1.54) is 29.0 Å². The molecule has 0 bridgehead atoms. The predicted molar refractivity (Wildman–Crippen MR) is 122 cm³/mol. The molecule has 3 amide bonds. The van der Waals surface area contributed by atoms with Crippen molar-refractivity contribution in [1.29, 1.82) is 0 Å². The van der Waals surface area contributed by atoms with Crippen molar-refractivity contribution in [3.05, 3.63) is 88.1 Å². The number of nitrogens with zero attached hydrogens (tertiary/aromatic N) is 1. The number of urea groups is 1. The van der Waals surface area contributed by atoms with Crippen molar-refractivity contribution >= 4 is 34.9 Å². The maximum atomic E-state index is 14.7. The van der Waals surface area contributed by atoms with Crippen LogP contribution in [0.5, 0.6) is 0 Å². The third kappa shape index (κ3) is 4.74. The number of nitrogens with one attached hydrogen (secondary N) is 3. The van der Waals surface area contributed by atoms with Gasteiger partial charge in [-0.2, -0.15) is 0 Å². The van der Waals surface area contributed by atoms with Gasteiger partial charge in [0, 0.05) is 41.6 Å². The van der Waals surface area contributed by atoms with Crippen LogP contribution in [0.4, 0.5) is 20.6 Å². The summed E-state index contributed by atoms with van der Waals surface area (Å²) in [6, 6.07) is 14.3. The molecular weight excluding hydrogens is 451 g/mol. The standard InChI is InChI=1S/C23H20ClFN4O4/c24-15-4-6-16(7-5-15)26-22(33)28-23(12-14(23)13-30)21(32)27-19-9-8-17(11-18(19)25)29-10-2-1-3-20(29)31/h1-11,14,30H,12-13H2,(H,27,32)(H2,26,28,33)/t14-,23+/m1/s1. The van der Waals surface area contributed by atoms with Crippen molar-refractivity contribution in [3.8, 4) is 5.69 Å². The van der Waals surface area contributed by atoms with Crippen LogP contribution in [0.25, 0.3) is 5.69 Å². The van der Waals surface area contributed by atoms with Crippen LogP contribution in [0.15, 0.2) is 71.7 Å². The predicted octanol–water partition coefficient (Wildman–Crippen LogP) is 3.14. The minimum atomic E-state index is -1.38. The number of aliphatic hydroxyl groups is 1. The molecular formula is C23H20ClFN4O4. The molecule has 170 valence electrons. The highest BCUT2D eigenvalue weighted by Gasteiger charge is 2.61. The summed E-state index contributed by atoms with van der Waals surface area (Å²) in [5, 5.41) is 17.7. The first-order valence-electron chi connectivity index (χ1n) is 10.1. The van der Waals surface area contributed by atoms with Gasteiger partial charge in [-0.1, -0.05) is 17.7 Å². The summed E-state index contributed by atoms with van der Waals surface area (Å²) in [6.45, 7) is -0.326. The Labute approximate surface area is 193 Å². The van der Waals surface area contributed by atoms with Gasteiger partial charge in [0.1, 0.15) is 11.4 Å². The molecule has 33 heavy (non-hydrogen) atoms. The molecule has 2 atom stereocenters. The molecule has 0 saturated heterocycles. The molecule has 1 saturated carbocycles. The van der Waals surface area contributed by atoms with E-state index in [0.29, 0.717) is 16.4 Å². The quantitative estimate of drug-likeness (QED) is 0.443. The number of carbonyl (C=O) groups is 2. The molecule has 4 N–H and O–H groups in total. The summed E-state index contributed by atoms with van der Waals surface area (Å²) in [6.07, 6.45) is 1.70. The Bertz CT molecular complexity index is 1260. The van der Waals surface area contributed by atoms with E-state index in [9.17, 15) is 23.9 Å². The van der Waals surface area contributed by atoms with Crippen LogP contribution < -0.4 is 21.5 Å². The van der Waals surface area contributed by atoms with Gasteiger partial charge in [0.2, 0.25) is 0 Å². The highest BCUT2D eigenvalue weighted by atomic mass is 35.5.